The largest absolute Gasteiger partial charge is 0.507 e. The number of anilines is 3. The molecular formula is C77H66BBrCl3F3N12O8. The number of phenols is 1. The van der Waals surface area contributed by atoms with Crippen molar-refractivity contribution in [3.63, 3.8) is 0 Å². The normalized spacial score (nSPS) is 13.7. The van der Waals surface area contributed by atoms with E-state index in [0.29, 0.717) is 146 Å². The molecule has 20 nitrogen and oxygen atoms in total. The second-order valence-corrected chi connectivity index (χ2v) is 26.2. The topological polar surface area (TPSA) is 227 Å². The Morgan fingerprint density at radius 3 is 1.19 bits per heavy atom. The molecule has 0 aliphatic carbocycles. The van der Waals surface area contributed by atoms with Gasteiger partial charge in [-0.25, -0.2) is 43.1 Å². The summed E-state index contributed by atoms with van der Waals surface area (Å²) in [6.45, 7) is 17.2. The van der Waals surface area contributed by atoms with E-state index in [1.54, 1.807) is 52.1 Å². The number of ether oxygens (including phenoxy) is 2. The average molecular weight is 1540 g/mol. The lowest BCUT2D eigenvalue weighted by atomic mass is 9.76. The van der Waals surface area contributed by atoms with Gasteiger partial charge in [0.1, 0.15) is 70.2 Å². The second kappa shape index (κ2) is 32.6. The standard InChI is InChI=1S/C26H22ClFN4O2.C25H20ClFN4O2.C15H13BrClFN4O.C11H11BO3/c1-3-21(33)31-10-12-32(13-11-31)26-18-14-19(27)23(24(28)25(18)29-15-30-26)22-17-7-5-4-6-16(17)8-9-20(22)34-2;1-2-20(33)30-9-11-31(12-10-30)25-17-13-18(26)22(23(27)24(17)28-14-29-25)21-16-6-4-3-5-15(16)7-8-19(21)32;1-2-11(23)21-3-5-22(6-4-21)15-9-7-10(17)12(16)13(18)14(9)19-8-20-15;1-15-10-7-6-8-4-2-3-5-9(8)11(10)12(13)14/h3-9,14-15H,1,10-13H2,2H3;2-8,13-14,32H,1,9-12H2;2,7-8H,1,3-6H2;2-7,13-14H,1H3. The van der Waals surface area contributed by atoms with E-state index in [1.807, 2.05) is 106 Å². The number of halogens is 7. The molecule has 0 spiro atoms. The third-order valence-corrected chi connectivity index (χ3v) is 20.4. The Morgan fingerprint density at radius 2 is 0.790 bits per heavy atom. The summed E-state index contributed by atoms with van der Waals surface area (Å²) in [4.78, 5) is 72.2. The zero-order valence-corrected chi connectivity index (χ0v) is 60.5. The Balaban J connectivity index is 0.000000137. The van der Waals surface area contributed by atoms with Gasteiger partial charge in [0.2, 0.25) is 17.7 Å². The molecular weight excluding hydrogens is 1470 g/mol. The number of amides is 3. The van der Waals surface area contributed by atoms with Gasteiger partial charge in [-0.3, -0.25) is 14.4 Å². The quantitative estimate of drug-likeness (QED) is 0.0621. The zero-order chi connectivity index (χ0) is 74.3. The number of phenolic OH excluding ortho intramolecular Hbond substituents is 1. The van der Waals surface area contributed by atoms with Gasteiger partial charge < -0.3 is 54.0 Å². The van der Waals surface area contributed by atoms with Gasteiger partial charge in [0.05, 0.1) is 33.8 Å². The van der Waals surface area contributed by atoms with Gasteiger partial charge in [-0.2, -0.15) is 0 Å². The van der Waals surface area contributed by atoms with Crippen molar-refractivity contribution >= 4 is 164 Å². The molecule has 3 fully saturated rings. The van der Waals surface area contributed by atoms with Crippen LogP contribution >= 0.6 is 50.7 Å². The molecule has 9 aromatic carbocycles. The summed E-state index contributed by atoms with van der Waals surface area (Å²) in [5, 5.41) is 36.6. The predicted octanol–water partition coefficient (Wildman–Crippen LogP) is 13.4. The molecule has 0 unspecified atom stereocenters. The third-order valence-electron chi connectivity index (χ3n) is 18.5. The number of carbonyl (C=O) groups excluding carboxylic acids is 3. The molecule has 3 aromatic heterocycles. The van der Waals surface area contributed by atoms with Crippen molar-refractivity contribution in [1.82, 2.24) is 44.6 Å². The lowest BCUT2D eigenvalue weighted by Gasteiger charge is -2.35. The maximum absolute atomic E-state index is 16.1. The van der Waals surface area contributed by atoms with E-state index < -0.39 is 24.6 Å². The van der Waals surface area contributed by atoms with Crippen LogP contribution in [0.4, 0.5) is 30.6 Å². The minimum absolute atomic E-state index is 0.0638. The van der Waals surface area contributed by atoms with Gasteiger partial charge >= 0.3 is 7.12 Å². The van der Waals surface area contributed by atoms with Crippen molar-refractivity contribution in [1.29, 1.82) is 0 Å². The van der Waals surface area contributed by atoms with E-state index in [9.17, 15) is 33.9 Å². The Hall–Kier alpha value is -10.7. The smallest absolute Gasteiger partial charge is 0.492 e. The van der Waals surface area contributed by atoms with Crippen LogP contribution < -0.4 is 29.6 Å². The third kappa shape index (κ3) is 15.1. The Kier molecular flexibility index (Phi) is 23.0. The first-order valence-corrected chi connectivity index (χ1v) is 34.9. The average Bonchev–Trinajstić information content (AvgIpc) is 0.752. The van der Waals surface area contributed by atoms with Crippen molar-refractivity contribution in [2.75, 3.05) is 107 Å². The monoisotopic (exact) mass is 1540 g/mol. The molecule has 12 aromatic rings. The summed E-state index contributed by atoms with van der Waals surface area (Å²) in [6, 6.07) is 38.3. The van der Waals surface area contributed by atoms with Crippen molar-refractivity contribution < 1.29 is 52.2 Å². The second-order valence-electron chi connectivity index (χ2n) is 24.2. The summed E-state index contributed by atoms with van der Waals surface area (Å²) in [5.74, 6) is 0.764. The highest BCUT2D eigenvalue weighted by molar-refractivity contribution is 9.10. The minimum Gasteiger partial charge on any atom is -0.507 e. The molecule has 3 saturated heterocycles. The van der Waals surface area contributed by atoms with E-state index >= 15 is 8.78 Å². The van der Waals surface area contributed by atoms with Crippen LogP contribution in [0.15, 0.2) is 189 Å². The first-order chi connectivity index (χ1) is 50.8. The summed E-state index contributed by atoms with van der Waals surface area (Å²) in [5.41, 5.74) is 2.20. The van der Waals surface area contributed by atoms with E-state index in [4.69, 9.17) is 44.3 Å². The molecule has 3 aliphatic heterocycles. The number of rotatable bonds is 11. The molecule has 0 bridgehead atoms. The molecule has 105 heavy (non-hydrogen) atoms. The molecule has 3 aliphatic rings. The van der Waals surface area contributed by atoms with Gasteiger partial charge in [0.15, 0.2) is 17.5 Å². The number of benzene rings is 9. The molecule has 3 amide bonds. The summed E-state index contributed by atoms with van der Waals surface area (Å²) >= 11 is 22.5. The number of nitrogens with zero attached hydrogens (tertiary/aromatic N) is 12. The van der Waals surface area contributed by atoms with E-state index in [-0.39, 0.29) is 70.7 Å². The van der Waals surface area contributed by atoms with Crippen LogP contribution in [0.2, 0.25) is 15.1 Å². The Bertz CT molecular complexity index is 5400. The maximum Gasteiger partial charge on any atom is 0.492 e. The fourth-order valence-electron chi connectivity index (χ4n) is 13.3. The van der Waals surface area contributed by atoms with Crippen LogP contribution in [0.5, 0.6) is 17.2 Å². The van der Waals surface area contributed by atoms with Crippen LogP contribution in [-0.4, -0.2) is 177 Å². The lowest BCUT2D eigenvalue weighted by molar-refractivity contribution is -0.127. The van der Waals surface area contributed by atoms with Crippen molar-refractivity contribution in [3.05, 3.63) is 221 Å². The first kappa shape index (κ1) is 74.1. The molecule has 3 N–H and O–H groups in total. The van der Waals surface area contributed by atoms with Crippen LogP contribution in [-0.2, 0) is 14.4 Å². The summed E-state index contributed by atoms with van der Waals surface area (Å²) in [7, 11) is 1.54. The maximum atomic E-state index is 16.1. The Morgan fingerprint density at radius 1 is 0.448 bits per heavy atom. The SMILES string of the molecule is C=CC(=O)N1CCN(c2ncnc3c(F)c(-c4c(O)ccc5ccccc45)c(Cl)cc23)CC1.C=CC(=O)N1CCN(c2ncnc3c(F)c(-c4c(OC)ccc5ccccc45)c(Cl)cc23)CC1.C=CC(=O)N1CCN(c2ncnc3c(F)c(Br)c(Cl)cc23)CC1.COc1ccc2ccccc2c1B(O)O. The summed E-state index contributed by atoms with van der Waals surface area (Å²) < 4.78 is 57.2. The van der Waals surface area contributed by atoms with Crippen molar-refractivity contribution in [2.24, 2.45) is 0 Å². The number of hydrogen-bond acceptors (Lipinski definition) is 17. The zero-order valence-electron chi connectivity index (χ0n) is 56.7. The van der Waals surface area contributed by atoms with Crippen molar-refractivity contribution in [2.45, 2.75) is 0 Å². The van der Waals surface area contributed by atoms with E-state index in [1.165, 1.54) is 50.4 Å². The molecule has 15 rings (SSSR count). The van der Waals surface area contributed by atoms with Gasteiger partial charge in [-0.15, -0.1) is 0 Å². The van der Waals surface area contributed by atoms with Crippen LogP contribution in [0.1, 0.15) is 0 Å². The fourth-order valence-corrected chi connectivity index (χ4v) is 14.3. The first-order valence-electron chi connectivity index (χ1n) is 33.0. The molecule has 28 heteroatoms. The molecule has 0 saturated carbocycles. The summed E-state index contributed by atoms with van der Waals surface area (Å²) in [6.07, 6.45) is 7.94. The van der Waals surface area contributed by atoms with Gasteiger partial charge in [-0.1, -0.05) is 146 Å². The van der Waals surface area contributed by atoms with Crippen LogP contribution in [0.25, 0.3) is 87.3 Å². The molecule has 0 atom stereocenters. The molecule has 534 valence electrons. The fraction of sp³-hybridized carbons (Fsp3) is 0.182. The number of hydrogen-bond donors (Lipinski definition) is 3. The Labute approximate surface area is 624 Å². The molecule has 6 heterocycles. The van der Waals surface area contributed by atoms with Crippen LogP contribution in [0, 0.1) is 17.5 Å². The van der Waals surface area contributed by atoms with Gasteiger partial charge in [0.25, 0.3) is 0 Å². The van der Waals surface area contributed by atoms with Crippen LogP contribution in [0.3, 0.4) is 0 Å². The number of aromatic hydroxyl groups is 1. The number of methoxy groups -OCH3 is 2. The highest BCUT2D eigenvalue weighted by atomic mass is 79.9. The number of aromatic nitrogens is 6. The highest BCUT2D eigenvalue weighted by Gasteiger charge is 2.30. The van der Waals surface area contributed by atoms with Crippen molar-refractivity contribution in [3.8, 4) is 39.5 Å². The number of carbonyl (C=O) groups is 3. The minimum atomic E-state index is -1.52. The molecule has 0 radical (unpaired) electrons. The van der Waals surface area contributed by atoms with Gasteiger partial charge in [-0.05, 0) is 103 Å². The number of piperazine rings is 3. The van der Waals surface area contributed by atoms with E-state index in [0.717, 1.165) is 26.9 Å². The predicted molar refractivity (Wildman–Crippen MR) is 413 cm³/mol. The van der Waals surface area contributed by atoms with E-state index in [2.05, 4.69) is 65.6 Å². The van der Waals surface area contributed by atoms with Gasteiger partial charge in [0, 0.05) is 122 Å². The number of fused-ring (bicyclic) bond motifs is 6. The lowest BCUT2D eigenvalue weighted by Crippen LogP contribution is -2.48. The highest BCUT2D eigenvalue weighted by Crippen LogP contribution is 2.47.